The van der Waals surface area contributed by atoms with Crippen molar-refractivity contribution in [3.63, 3.8) is 0 Å². The number of aliphatic carboxylic acids is 1. The zero-order valence-electron chi connectivity index (χ0n) is 5.57. The summed E-state index contributed by atoms with van der Waals surface area (Å²) in [5, 5.41) is 8.56. The van der Waals surface area contributed by atoms with Crippen molar-refractivity contribution in [2.45, 2.75) is 18.9 Å². The average Bonchev–Trinajstić information content (AvgIpc) is 2.15. The van der Waals surface area contributed by atoms with Gasteiger partial charge in [0, 0.05) is 16.6 Å². The predicted octanol–water partition coefficient (Wildman–Crippen LogP) is 0.526. The van der Waals surface area contributed by atoms with Crippen molar-refractivity contribution in [1.29, 1.82) is 0 Å². The predicted molar refractivity (Wildman–Crippen MR) is 33.4 cm³/mol. The summed E-state index contributed by atoms with van der Waals surface area (Å²) < 4.78 is 0.468. The molecule has 0 saturated heterocycles. The van der Waals surface area contributed by atoms with Crippen LogP contribution in [0, 0.1) is 4.91 Å². The van der Waals surface area contributed by atoms with Gasteiger partial charge < -0.3 is 5.11 Å². The van der Waals surface area contributed by atoms with Crippen molar-refractivity contribution in [2.75, 3.05) is 0 Å². The third kappa shape index (κ3) is 0.725. The van der Waals surface area contributed by atoms with Crippen LogP contribution in [0.2, 0.25) is 0 Å². The van der Waals surface area contributed by atoms with Gasteiger partial charge in [0.25, 0.3) is 0 Å². The van der Waals surface area contributed by atoms with Crippen LogP contribution < -0.4 is 0 Å². The van der Waals surface area contributed by atoms with Crippen LogP contribution in [0.3, 0.4) is 0 Å². The van der Waals surface area contributed by atoms with Crippen LogP contribution in [-0.4, -0.2) is 21.4 Å². The maximum atomic E-state index is 10.8. The summed E-state index contributed by atoms with van der Waals surface area (Å²) in [5.41, 5.74) is -1.26. The summed E-state index contributed by atoms with van der Waals surface area (Å²) in [4.78, 5) is 21.2. The molecule has 0 amide bonds. The standard InChI is InChI=1S/C6H7NO3/c1-6(5(8)9)3-2-4-7(6)10/h2,4H,3H2,1H3/p+1. The van der Waals surface area contributed by atoms with Gasteiger partial charge in [0.15, 0.2) is 0 Å². The van der Waals surface area contributed by atoms with Gasteiger partial charge in [-0.05, 0) is 6.08 Å². The van der Waals surface area contributed by atoms with Gasteiger partial charge in [0.05, 0.1) is 6.42 Å². The number of hydrogen-bond acceptors (Lipinski definition) is 2. The third-order valence-electron chi connectivity index (χ3n) is 1.70. The number of hydrogen-bond donors (Lipinski definition) is 1. The van der Waals surface area contributed by atoms with Crippen LogP contribution in [0.15, 0.2) is 12.3 Å². The fourth-order valence-corrected chi connectivity index (χ4v) is 0.814. The van der Waals surface area contributed by atoms with Crippen LogP contribution in [0.4, 0.5) is 0 Å². The highest BCUT2D eigenvalue weighted by atomic mass is 16.4. The second-order valence-corrected chi connectivity index (χ2v) is 2.49. The molecule has 1 N–H and O–H groups in total. The summed E-state index contributed by atoms with van der Waals surface area (Å²) in [6.45, 7) is 1.41. The molecule has 1 rings (SSSR count). The number of carbonyl (C=O) groups is 1. The Labute approximate surface area is 57.7 Å². The van der Waals surface area contributed by atoms with Crippen LogP contribution >= 0.6 is 0 Å². The van der Waals surface area contributed by atoms with E-state index in [2.05, 4.69) is 0 Å². The molecule has 0 saturated carbocycles. The zero-order valence-corrected chi connectivity index (χ0v) is 5.57. The average molecular weight is 142 g/mol. The van der Waals surface area contributed by atoms with Crippen molar-refractivity contribution in [1.82, 2.24) is 0 Å². The number of nitroso groups, excluding NO2 is 1. The molecule has 0 bridgehead atoms. The Kier molecular flexibility index (Phi) is 1.31. The topological polar surface area (TPSA) is 57.4 Å². The number of rotatable bonds is 1. The smallest absolute Gasteiger partial charge is 0.381 e. The van der Waals surface area contributed by atoms with E-state index in [-0.39, 0.29) is 6.42 Å². The molecule has 4 nitrogen and oxygen atoms in total. The molecule has 1 atom stereocenters. The van der Waals surface area contributed by atoms with Crippen LogP contribution in [-0.2, 0) is 4.79 Å². The quantitative estimate of drug-likeness (QED) is 0.543. The zero-order chi connectivity index (χ0) is 7.78. The van der Waals surface area contributed by atoms with Crippen LogP contribution in [0.1, 0.15) is 13.3 Å². The second kappa shape index (κ2) is 1.90. The molecule has 0 aromatic carbocycles. The Bertz CT molecular complexity index is 221. The molecule has 54 valence electrons. The van der Waals surface area contributed by atoms with Gasteiger partial charge in [0.2, 0.25) is 6.20 Å². The highest BCUT2D eigenvalue weighted by Crippen LogP contribution is 2.21. The number of carboxylic acid groups (broad SMARTS) is 1. The molecule has 1 heterocycles. The molecule has 0 radical (unpaired) electrons. The van der Waals surface area contributed by atoms with E-state index in [0.717, 1.165) is 0 Å². The molecule has 0 aliphatic carbocycles. The Morgan fingerprint density at radius 2 is 2.40 bits per heavy atom. The molecule has 0 aromatic rings. The van der Waals surface area contributed by atoms with Crippen molar-refractivity contribution < 1.29 is 14.7 Å². The molecular weight excluding hydrogens is 134 g/mol. The Morgan fingerprint density at radius 3 is 2.60 bits per heavy atom. The van der Waals surface area contributed by atoms with Gasteiger partial charge in [-0.2, -0.15) is 0 Å². The monoisotopic (exact) mass is 142 g/mol. The van der Waals surface area contributed by atoms with Crippen molar-refractivity contribution in [3.05, 3.63) is 17.2 Å². The van der Waals surface area contributed by atoms with Crippen LogP contribution in [0.5, 0.6) is 0 Å². The summed E-state index contributed by atoms with van der Waals surface area (Å²) in [6, 6.07) is 0. The lowest BCUT2D eigenvalue weighted by Crippen LogP contribution is -2.40. The van der Waals surface area contributed by atoms with Crippen LogP contribution in [0.25, 0.3) is 0 Å². The van der Waals surface area contributed by atoms with E-state index in [1.165, 1.54) is 13.1 Å². The van der Waals surface area contributed by atoms with E-state index in [1.54, 1.807) is 6.08 Å². The number of nitrogens with zero attached hydrogens (tertiary/aromatic N) is 1. The maximum absolute atomic E-state index is 10.8. The van der Waals surface area contributed by atoms with E-state index in [9.17, 15) is 9.70 Å². The maximum Gasteiger partial charge on any atom is 0.381 e. The Morgan fingerprint density at radius 1 is 1.80 bits per heavy atom. The largest absolute Gasteiger partial charge is 0.476 e. The first-order valence-electron chi connectivity index (χ1n) is 2.94. The van der Waals surface area contributed by atoms with Gasteiger partial charge in [-0.3, -0.25) is 0 Å². The summed E-state index contributed by atoms with van der Waals surface area (Å²) in [6.07, 6.45) is 3.08. The summed E-state index contributed by atoms with van der Waals surface area (Å²) >= 11 is 0. The highest BCUT2D eigenvalue weighted by Gasteiger charge is 2.50. The van der Waals surface area contributed by atoms with Crippen molar-refractivity contribution in [3.8, 4) is 0 Å². The molecule has 0 spiro atoms. The first-order valence-corrected chi connectivity index (χ1v) is 2.94. The lowest BCUT2D eigenvalue weighted by molar-refractivity contribution is -0.539. The Hall–Kier alpha value is -1.19. The molecule has 1 aliphatic rings. The molecule has 4 heteroatoms. The normalized spacial score (nSPS) is 31.1. The second-order valence-electron chi connectivity index (χ2n) is 2.49. The first kappa shape index (κ1) is 6.92. The molecular formula is C6H8NO3+. The van der Waals surface area contributed by atoms with E-state index in [4.69, 9.17) is 5.11 Å². The lowest BCUT2D eigenvalue weighted by Gasteiger charge is -2.05. The van der Waals surface area contributed by atoms with Gasteiger partial charge >= 0.3 is 11.5 Å². The third-order valence-corrected chi connectivity index (χ3v) is 1.70. The minimum absolute atomic E-state index is 0.284. The SMILES string of the molecule is CC1(C(=O)O)CC=C[N+]1=O. The number of carboxylic acids is 1. The highest BCUT2D eigenvalue weighted by molar-refractivity contribution is 5.77. The van der Waals surface area contributed by atoms with Gasteiger partial charge in [0.1, 0.15) is 0 Å². The van der Waals surface area contributed by atoms with Gasteiger partial charge in [-0.1, -0.05) is 0 Å². The fraction of sp³-hybridized carbons (Fsp3) is 0.500. The molecule has 0 aromatic heterocycles. The van der Waals surface area contributed by atoms with Crippen molar-refractivity contribution in [2.24, 2.45) is 0 Å². The first-order chi connectivity index (χ1) is 4.57. The molecule has 1 unspecified atom stereocenters. The fourth-order valence-electron chi connectivity index (χ4n) is 0.814. The van der Waals surface area contributed by atoms with E-state index in [0.29, 0.717) is 4.76 Å². The molecule has 0 fully saturated rings. The van der Waals surface area contributed by atoms with E-state index >= 15 is 0 Å². The minimum Gasteiger partial charge on any atom is -0.476 e. The molecule has 1 aliphatic heterocycles. The lowest BCUT2D eigenvalue weighted by atomic mass is 10.0. The van der Waals surface area contributed by atoms with Crippen molar-refractivity contribution >= 4 is 5.97 Å². The van der Waals surface area contributed by atoms with Gasteiger partial charge in [-0.25, -0.2) is 4.79 Å². The molecule has 10 heavy (non-hydrogen) atoms. The summed E-state index contributed by atoms with van der Waals surface area (Å²) in [7, 11) is 0. The Balaban J connectivity index is 2.91. The summed E-state index contributed by atoms with van der Waals surface area (Å²) in [5.74, 6) is -1.08. The van der Waals surface area contributed by atoms with Gasteiger partial charge in [-0.15, -0.1) is 0 Å². The minimum atomic E-state index is -1.26. The van der Waals surface area contributed by atoms with E-state index in [1.807, 2.05) is 0 Å². The van der Waals surface area contributed by atoms with E-state index < -0.39 is 11.5 Å².